The largest absolute Gasteiger partial charge is 0.461 e. The molecule has 0 N–H and O–H groups in total. The maximum Gasteiger partial charge on any atom is 0.239 e. The first-order valence-corrected chi connectivity index (χ1v) is 9.04. The van der Waals surface area contributed by atoms with Crippen LogP contribution in [0.1, 0.15) is 51.7 Å². The molecule has 25 heavy (non-hydrogen) atoms. The van der Waals surface area contributed by atoms with Gasteiger partial charge in [-0.2, -0.15) is 0 Å². The van der Waals surface area contributed by atoms with Crippen LogP contribution in [-0.2, 0) is 4.89 Å². The lowest BCUT2D eigenvalue weighted by Crippen LogP contribution is -2.19. The smallest absolute Gasteiger partial charge is 0.239 e. The van der Waals surface area contributed by atoms with E-state index in [0.29, 0.717) is 23.5 Å². The predicted octanol–water partition coefficient (Wildman–Crippen LogP) is 6.13. The van der Waals surface area contributed by atoms with Gasteiger partial charge in [0.05, 0.1) is 0 Å². The monoisotopic (exact) mass is 342 g/mol. The summed E-state index contributed by atoms with van der Waals surface area (Å²) < 4.78 is 5.88. The van der Waals surface area contributed by atoms with Crippen molar-refractivity contribution in [1.29, 1.82) is 0 Å². The van der Waals surface area contributed by atoms with E-state index in [4.69, 9.17) is 14.5 Å². The molecule has 3 nitrogen and oxygen atoms in total. The van der Waals surface area contributed by atoms with Crippen LogP contribution in [0.15, 0.2) is 48.5 Å². The Kier molecular flexibility index (Phi) is 6.89. The minimum absolute atomic E-state index is 0.504. The third-order valence-corrected chi connectivity index (χ3v) is 4.34. The Morgan fingerprint density at radius 2 is 1.44 bits per heavy atom. The molecule has 136 valence electrons. The van der Waals surface area contributed by atoms with E-state index < -0.39 is 6.29 Å². The van der Waals surface area contributed by atoms with Crippen LogP contribution in [0.2, 0.25) is 0 Å². The normalized spacial score (nSPS) is 12.7. The zero-order chi connectivity index (χ0) is 18.4. The molecule has 1 unspecified atom stereocenters. The average Bonchev–Trinajstić information content (AvgIpc) is 2.56. The number of hydrogen-bond donors (Lipinski definition) is 0. The first-order chi connectivity index (χ1) is 11.9. The molecule has 0 aromatic heterocycles. The maximum absolute atomic E-state index is 5.88. The molecule has 0 fully saturated rings. The number of rotatable bonds is 8. The van der Waals surface area contributed by atoms with Crippen LogP contribution in [0.25, 0.3) is 0 Å². The fourth-order valence-corrected chi connectivity index (χ4v) is 3.35. The van der Waals surface area contributed by atoms with Gasteiger partial charge in [0.2, 0.25) is 6.29 Å². The number of hydrogen-bond acceptors (Lipinski definition) is 3. The molecule has 0 saturated heterocycles. The second-order valence-electron chi connectivity index (χ2n) is 7.22. The highest BCUT2D eigenvalue weighted by molar-refractivity contribution is 5.38. The fourth-order valence-electron chi connectivity index (χ4n) is 3.35. The first-order valence-electron chi connectivity index (χ1n) is 9.04. The molecule has 0 radical (unpaired) electrons. The summed E-state index contributed by atoms with van der Waals surface area (Å²) in [4.78, 5) is 10.6. The van der Waals surface area contributed by atoms with Crippen LogP contribution in [0, 0.1) is 18.8 Å². The molecule has 0 spiro atoms. The van der Waals surface area contributed by atoms with E-state index >= 15 is 0 Å². The van der Waals surface area contributed by atoms with Gasteiger partial charge in [-0.1, -0.05) is 58.0 Å². The van der Waals surface area contributed by atoms with Crippen molar-refractivity contribution < 1.29 is 14.5 Å². The molecule has 0 heterocycles. The van der Waals surface area contributed by atoms with Crippen molar-refractivity contribution in [2.75, 3.05) is 0 Å². The Balaban J connectivity index is 2.00. The minimum Gasteiger partial charge on any atom is -0.461 e. The van der Waals surface area contributed by atoms with Crippen LogP contribution in [-0.4, -0.2) is 6.29 Å². The number of ether oxygens (including phenoxy) is 1. The molecule has 0 aliphatic heterocycles. The van der Waals surface area contributed by atoms with Gasteiger partial charge in [-0.25, -0.2) is 0 Å². The van der Waals surface area contributed by atoms with Crippen molar-refractivity contribution in [3.8, 4) is 11.5 Å². The van der Waals surface area contributed by atoms with Crippen molar-refractivity contribution in [2.45, 2.75) is 53.8 Å². The van der Waals surface area contributed by atoms with Gasteiger partial charge < -0.3 is 9.62 Å². The van der Waals surface area contributed by atoms with Gasteiger partial charge in [0.1, 0.15) is 5.75 Å². The van der Waals surface area contributed by atoms with Crippen molar-refractivity contribution in [1.82, 2.24) is 0 Å². The van der Waals surface area contributed by atoms with E-state index in [1.165, 1.54) is 5.56 Å². The van der Waals surface area contributed by atoms with Gasteiger partial charge in [0.15, 0.2) is 5.75 Å². The maximum atomic E-state index is 5.88. The third-order valence-electron chi connectivity index (χ3n) is 4.34. The Bertz CT molecular complexity index is 642. The van der Waals surface area contributed by atoms with Gasteiger partial charge in [0, 0.05) is 6.92 Å². The molecule has 0 saturated carbocycles. The second-order valence-corrected chi connectivity index (χ2v) is 7.22. The fraction of sp³-hybridized carbons (Fsp3) is 0.455. The zero-order valence-electron chi connectivity index (χ0n) is 16.2. The molecule has 0 aliphatic rings. The summed E-state index contributed by atoms with van der Waals surface area (Å²) >= 11 is 0. The summed E-state index contributed by atoms with van der Waals surface area (Å²) in [5, 5.41) is 0. The summed E-state index contributed by atoms with van der Waals surface area (Å²) in [6.07, 6.45) is -0.504. The number of para-hydroxylation sites is 1. The Hall–Kier alpha value is -2.00. The lowest BCUT2D eigenvalue weighted by molar-refractivity contribution is -0.289. The minimum atomic E-state index is -0.504. The molecule has 3 heteroatoms. The number of aryl methyl sites for hydroxylation is 1. The topological polar surface area (TPSA) is 27.7 Å². The Morgan fingerprint density at radius 1 is 0.800 bits per heavy atom. The van der Waals surface area contributed by atoms with E-state index in [-0.39, 0.29) is 0 Å². The molecule has 2 aromatic rings. The summed E-state index contributed by atoms with van der Waals surface area (Å²) in [7, 11) is 0. The van der Waals surface area contributed by atoms with E-state index in [9.17, 15) is 0 Å². The van der Waals surface area contributed by atoms with Crippen LogP contribution in [0.4, 0.5) is 0 Å². The van der Waals surface area contributed by atoms with Gasteiger partial charge in [-0.3, -0.25) is 0 Å². The molecule has 1 atom stereocenters. The zero-order valence-corrected chi connectivity index (χ0v) is 16.2. The van der Waals surface area contributed by atoms with Gasteiger partial charge in [-0.05, 0) is 54.0 Å². The van der Waals surface area contributed by atoms with Crippen LogP contribution < -0.4 is 9.62 Å². The van der Waals surface area contributed by atoms with Gasteiger partial charge in [-0.15, -0.1) is 4.89 Å². The summed E-state index contributed by atoms with van der Waals surface area (Å²) in [6.45, 7) is 13.0. The molecule has 2 aromatic carbocycles. The van der Waals surface area contributed by atoms with E-state index in [0.717, 1.165) is 11.3 Å². The van der Waals surface area contributed by atoms with Crippen molar-refractivity contribution in [3.05, 3.63) is 59.7 Å². The molecule has 2 rings (SSSR count). The highest BCUT2D eigenvalue weighted by Crippen LogP contribution is 2.34. The van der Waals surface area contributed by atoms with Crippen LogP contribution >= 0.6 is 0 Å². The third kappa shape index (κ3) is 5.50. The molecular formula is C22H30O3. The quantitative estimate of drug-likeness (QED) is 0.328. The van der Waals surface area contributed by atoms with Crippen LogP contribution in [0.5, 0.6) is 11.5 Å². The van der Waals surface area contributed by atoms with Crippen molar-refractivity contribution in [2.24, 2.45) is 11.8 Å². The van der Waals surface area contributed by atoms with Crippen LogP contribution in [0.3, 0.4) is 0 Å². The average molecular weight is 342 g/mol. The highest BCUT2D eigenvalue weighted by atomic mass is 17.2. The highest BCUT2D eigenvalue weighted by Gasteiger charge is 2.20. The molecule has 0 bridgehead atoms. The van der Waals surface area contributed by atoms with E-state index in [1.54, 1.807) is 0 Å². The molecule has 0 amide bonds. The summed E-state index contributed by atoms with van der Waals surface area (Å²) in [6, 6.07) is 15.8. The SMILES string of the molecule is Cc1cc(C(C(C)C)C(C)C)ccc1OC(C)OOc1ccccc1. The van der Waals surface area contributed by atoms with Crippen molar-refractivity contribution >= 4 is 0 Å². The second kappa shape index (κ2) is 8.91. The standard InChI is InChI=1S/C22H30O3/c1-15(2)22(16(3)4)19-12-13-21(17(5)14-19)23-18(6)24-25-20-10-8-7-9-11-20/h7-16,18,22H,1-6H3. The van der Waals surface area contributed by atoms with E-state index in [1.807, 2.05) is 43.3 Å². The number of benzene rings is 2. The summed E-state index contributed by atoms with van der Waals surface area (Å²) in [5.74, 6) is 3.23. The predicted molar refractivity (Wildman–Crippen MR) is 102 cm³/mol. The Morgan fingerprint density at radius 3 is 2.00 bits per heavy atom. The van der Waals surface area contributed by atoms with Gasteiger partial charge >= 0.3 is 0 Å². The van der Waals surface area contributed by atoms with Gasteiger partial charge in [0.25, 0.3) is 0 Å². The van der Waals surface area contributed by atoms with Crippen molar-refractivity contribution in [3.63, 3.8) is 0 Å². The molecular weight excluding hydrogens is 312 g/mol. The first kappa shape index (κ1) is 19.3. The lowest BCUT2D eigenvalue weighted by Gasteiger charge is -2.26. The van der Waals surface area contributed by atoms with E-state index in [2.05, 4.69) is 46.8 Å². The molecule has 0 aliphatic carbocycles. The lowest BCUT2D eigenvalue weighted by atomic mass is 9.80. The Labute approximate surface area is 151 Å². The summed E-state index contributed by atoms with van der Waals surface area (Å²) in [5.41, 5.74) is 2.47.